The number of rotatable bonds is 5. The van der Waals surface area contributed by atoms with Crippen LogP contribution in [0.2, 0.25) is 0 Å². The summed E-state index contributed by atoms with van der Waals surface area (Å²) in [7, 11) is 1.34. The molecule has 22 heavy (non-hydrogen) atoms. The number of hydrogen-bond donors (Lipinski definition) is 2. The molecule has 0 spiro atoms. The summed E-state index contributed by atoms with van der Waals surface area (Å²) in [5.74, 6) is 2.32. The molecule has 0 aliphatic heterocycles. The fourth-order valence-corrected chi connectivity index (χ4v) is 2.08. The Balaban J connectivity index is 1.57. The average molecular weight is 298 g/mol. The summed E-state index contributed by atoms with van der Waals surface area (Å²) < 4.78 is 4.55. The number of methoxy groups -OCH3 is 1. The molecular weight excluding hydrogens is 280 g/mol. The van der Waals surface area contributed by atoms with E-state index < -0.39 is 6.09 Å². The smallest absolute Gasteiger partial charge is 0.411 e. The SMILES string of the molecule is COC(=O)Nc1ccc(CNc2ccnc(C3CC3)n2)cc1. The second kappa shape index (κ2) is 6.43. The molecule has 6 nitrogen and oxygen atoms in total. The van der Waals surface area contributed by atoms with E-state index in [2.05, 4.69) is 25.3 Å². The van der Waals surface area contributed by atoms with Gasteiger partial charge in [0.1, 0.15) is 11.6 Å². The van der Waals surface area contributed by atoms with Gasteiger partial charge in [-0.15, -0.1) is 0 Å². The van der Waals surface area contributed by atoms with Gasteiger partial charge >= 0.3 is 6.09 Å². The van der Waals surface area contributed by atoms with Crippen LogP contribution in [0.5, 0.6) is 0 Å². The van der Waals surface area contributed by atoms with Gasteiger partial charge < -0.3 is 10.1 Å². The van der Waals surface area contributed by atoms with Crippen molar-refractivity contribution in [2.45, 2.75) is 25.3 Å². The number of carbonyl (C=O) groups excluding carboxylic acids is 1. The van der Waals surface area contributed by atoms with Crippen LogP contribution >= 0.6 is 0 Å². The van der Waals surface area contributed by atoms with E-state index in [-0.39, 0.29) is 0 Å². The van der Waals surface area contributed by atoms with Crippen molar-refractivity contribution in [2.75, 3.05) is 17.7 Å². The molecule has 1 amide bonds. The summed E-state index contributed by atoms with van der Waals surface area (Å²) in [5.41, 5.74) is 1.80. The van der Waals surface area contributed by atoms with E-state index in [1.54, 1.807) is 6.20 Å². The number of hydrogen-bond acceptors (Lipinski definition) is 5. The molecule has 114 valence electrons. The Labute approximate surface area is 128 Å². The zero-order chi connectivity index (χ0) is 15.4. The summed E-state index contributed by atoms with van der Waals surface area (Å²) >= 11 is 0. The van der Waals surface area contributed by atoms with Crippen LogP contribution in [0.4, 0.5) is 16.3 Å². The molecule has 1 saturated carbocycles. The second-order valence-electron chi connectivity index (χ2n) is 5.24. The Hall–Kier alpha value is -2.63. The number of nitrogens with zero attached hydrogens (tertiary/aromatic N) is 2. The largest absolute Gasteiger partial charge is 0.453 e. The summed E-state index contributed by atoms with van der Waals surface area (Å²) in [6.07, 6.45) is 3.71. The van der Waals surface area contributed by atoms with Gasteiger partial charge in [-0.1, -0.05) is 12.1 Å². The molecule has 1 aromatic heterocycles. The van der Waals surface area contributed by atoms with Crippen molar-refractivity contribution in [1.29, 1.82) is 0 Å². The maximum atomic E-state index is 11.1. The van der Waals surface area contributed by atoms with E-state index in [0.29, 0.717) is 18.2 Å². The molecule has 0 unspecified atom stereocenters. The van der Waals surface area contributed by atoms with Crippen LogP contribution in [0, 0.1) is 0 Å². The fourth-order valence-electron chi connectivity index (χ4n) is 2.08. The number of nitrogens with one attached hydrogen (secondary N) is 2. The molecule has 1 heterocycles. The lowest BCUT2D eigenvalue weighted by Crippen LogP contribution is -2.10. The lowest BCUT2D eigenvalue weighted by Gasteiger charge is -2.08. The third-order valence-electron chi connectivity index (χ3n) is 3.48. The lowest BCUT2D eigenvalue weighted by molar-refractivity contribution is 0.187. The molecule has 2 aromatic rings. The predicted octanol–water partition coefficient (Wildman–Crippen LogP) is 3.14. The Morgan fingerprint density at radius 1 is 1.27 bits per heavy atom. The summed E-state index contributed by atoms with van der Waals surface area (Å²) in [4.78, 5) is 19.9. The van der Waals surface area contributed by atoms with Crippen LogP contribution in [0.15, 0.2) is 36.5 Å². The number of benzene rings is 1. The molecule has 1 aromatic carbocycles. The molecular formula is C16H18N4O2. The van der Waals surface area contributed by atoms with Crippen LogP contribution in [0.3, 0.4) is 0 Å². The van der Waals surface area contributed by atoms with Gasteiger partial charge in [-0.2, -0.15) is 0 Å². The first kappa shape index (κ1) is 14.3. The Morgan fingerprint density at radius 2 is 2.05 bits per heavy atom. The van der Waals surface area contributed by atoms with E-state index in [1.165, 1.54) is 20.0 Å². The zero-order valence-electron chi connectivity index (χ0n) is 12.4. The number of carbonyl (C=O) groups is 1. The van der Waals surface area contributed by atoms with Crippen LogP contribution in [-0.4, -0.2) is 23.2 Å². The third-order valence-corrected chi connectivity index (χ3v) is 3.48. The fraction of sp³-hybridized carbons (Fsp3) is 0.312. The van der Waals surface area contributed by atoms with Gasteiger partial charge in [0, 0.05) is 24.3 Å². The molecule has 0 bridgehead atoms. The van der Waals surface area contributed by atoms with Gasteiger partial charge in [-0.05, 0) is 36.6 Å². The zero-order valence-corrected chi connectivity index (χ0v) is 12.4. The minimum Gasteiger partial charge on any atom is -0.453 e. The standard InChI is InChI=1S/C16H18N4O2/c1-22-16(21)19-13-6-2-11(3-7-13)10-18-14-8-9-17-15(20-14)12-4-5-12/h2-3,6-9,12H,4-5,10H2,1H3,(H,19,21)(H,17,18,20). The number of anilines is 2. The molecule has 0 saturated heterocycles. The number of amides is 1. The summed E-state index contributed by atoms with van der Waals surface area (Å²) in [6, 6.07) is 9.44. The second-order valence-corrected chi connectivity index (χ2v) is 5.24. The summed E-state index contributed by atoms with van der Waals surface area (Å²) in [6.45, 7) is 0.666. The lowest BCUT2D eigenvalue weighted by atomic mass is 10.2. The van der Waals surface area contributed by atoms with Gasteiger partial charge in [0.2, 0.25) is 0 Å². The molecule has 6 heteroatoms. The maximum absolute atomic E-state index is 11.1. The van der Waals surface area contributed by atoms with Gasteiger partial charge in [0.25, 0.3) is 0 Å². The minimum atomic E-state index is -0.473. The Morgan fingerprint density at radius 3 is 2.73 bits per heavy atom. The summed E-state index contributed by atoms with van der Waals surface area (Å²) in [5, 5.41) is 5.91. The highest BCUT2D eigenvalue weighted by atomic mass is 16.5. The van der Waals surface area contributed by atoms with Gasteiger partial charge in [-0.3, -0.25) is 5.32 Å². The highest BCUT2D eigenvalue weighted by molar-refractivity contribution is 5.84. The Kier molecular flexibility index (Phi) is 4.18. The molecule has 1 aliphatic rings. The van der Waals surface area contributed by atoms with Crippen molar-refractivity contribution in [2.24, 2.45) is 0 Å². The first-order valence-corrected chi connectivity index (χ1v) is 7.25. The van der Waals surface area contributed by atoms with Gasteiger partial charge in [-0.25, -0.2) is 14.8 Å². The topological polar surface area (TPSA) is 76.1 Å². The van der Waals surface area contributed by atoms with Crippen molar-refractivity contribution >= 4 is 17.6 Å². The monoisotopic (exact) mass is 298 g/mol. The Bertz CT molecular complexity index is 653. The van der Waals surface area contributed by atoms with E-state index >= 15 is 0 Å². The first-order chi connectivity index (χ1) is 10.7. The van der Waals surface area contributed by atoms with Crippen LogP contribution in [0.25, 0.3) is 0 Å². The first-order valence-electron chi connectivity index (χ1n) is 7.25. The van der Waals surface area contributed by atoms with Crippen molar-refractivity contribution in [3.8, 4) is 0 Å². The van der Waals surface area contributed by atoms with E-state index in [4.69, 9.17) is 0 Å². The van der Waals surface area contributed by atoms with Crippen molar-refractivity contribution in [3.05, 3.63) is 47.9 Å². The van der Waals surface area contributed by atoms with E-state index in [0.717, 1.165) is 17.2 Å². The molecule has 2 N–H and O–H groups in total. The van der Waals surface area contributed by atoms with E-state index in [9.17, 15) is 4.79 Å². The molecule has 3 rings (SSSR count). The van der Waals surface area contributed by atoms with Crippen molar-refractivity contribution in [1.82, 2.24) is 9.97 Å². The highest BCUT2D eigenvalue weighted by Gasteiger charge is 2.26. The predicted molar refractivity (Wildman–Crippen MR) is 83.8 cm³/mol. The van der Waals surface area contributed by atoms with Crippen LogP contribution < -0.4 is 10.6 Å². The number of ether oxygens (including phenoxy) is 1. The van der Waals surface area contributed by atoms with Gasteiger partial charge in [0.05, 0.1) is 7.11 Å². The normalized spacial score (nSPS) is 13.5. The number of aromatic nitrogens is 2. The minimum absolute atomic E-state index is 0.473. The maximum Gasteiger partial charge on any atom is 0.411 e. The van der Waals surface area contributed by atoms with E-state index in [1.807, 2.05) is 30.3 Å². The highest BCUT2D eigenvalue weighted by Crippen LogP contribution is 2.38. The molecule has 0 radical (unpaired) electrons. The molecule has 0 atom stereocenters. The van der Waals surface area contributed by atoms with Crippen LogP contribution in [0.1, 0.15) is 30.1 Å². The van der Waals surface area contributed by atoms with Gasteiger partial charge in [0.15, 0.2) is 0 Å². The quantitative estimate of drug-likeness (QED) is 0.886. The molecule has 1 aliphatic carbocycles. The molecule has 1 fully saturated rings. The third kappa shape index (κ3) is 3.72. The average Bonchev–Trinajstić information content (AvgIpc) is 3.39. The van der Waals surface area contributed by atoms with Crippen molar-refractivity contribution in [3.63, 3.8) is 0 Å². The van der Waals surface area contributed by atoms with Crippen molar-refractivity contribution < 1.29 is 9.53 Å². The van der Waals surface area contributed by atoms with Crippen LogP contribution in [-0.2, 0) is 11.3 Å².